The van der Waals surface area contributed by atoms with E-state index in [1.807, 2.05) is 0 Å². The number of hydrogen-bond donors (Lipinski definition) is 1. The number of nitrogens with zero attached hydrogens (tertiary/aromatic N) is 1. The summed E-state index contributed by atoms with van der Waals surface area (Å²) in [4.78, 5) is 11.5. The molecule has 1 amide bonds. The number of hydrogen-bond acceptors (Lipinski definition) is 2. The minimum absolute atomic E-state index is 0.162. The molecule has 0 heterocycles. The molecule has 0 bridgehead atoms. The molecule has 0 aliphatic heterocycles. The third-order valence-corrected chi connectivity index (χ3v) is 3.22. The Balaban J connectivity index is 2.32. The van der Waals surface area contributed by atoms with Gasteiger partial charge >= 0.3 is 0 Å². The van der Waals surface area contributed by atoms with Gasteiger partial charge in [0.15, 0.2) is 0 Å². The molecule has 110 valence electrons. The summed E-state index contributed by atoms with van der Waals surface area (Å²) in [5, 5.41) is 4.00. The molecule has 1 N–H and O–H groups in total. The maximum atomic E-state index is 13.4. The molecule has 0 fully saturated rings. The lowest BCUT2D eigenvalue weighted by Gasteiger charge is -2.01. The molecule has 0 radical (unpaired) electrons. The highest BCUT2D eigenvalue weighted by molar-refractivity contribution is 6.33. The number of halogens is 2. The number of unbranched alkanes of at least 4 members (excludes halogenated alkanes) is 4. The zero-order valence-electron chi connectivity index (χ0n) is 11.7. The molecule has 0 aliphatic carbocycles. The van der Waals surface area contributed by atoms with Crippen LogP contribution >= 0.6 is 11.6 Å². The molecule has 0 aliphatic rings. The summed E-state index contributed by atoms with van der Waals surface area (Å²) in [5.74, 6) is -0.625. The van der Waals surface area contributed by atoms with E-state index in [9.17, 15) is 9.18 Å². The van der Waals surface area contributed by atoms with Crippen molar-refractivity contribution in [2.24, 2.45) is 5.10 Å². The number of benzene rings is 1. The van der Waals surface area contributed by atoms with Crippen molar-refractivity contribution < 1.29 is 9.18 Å². The van der Waals surface area contributed by atoms with E-state index in [-0.39, 0.29) is 16.5 Å². The first kappa shape index (κ1) is 16.6. The second-order valence-electron chi connectivity index (χ2n) is 4.59. The van der Waals surface area contributed by atoms with E-state index >= 15 is 0 Å². The van der Waals surface area contributed by atoms with Gasteiger partial charge in [-0.2, -0.15) is 5.10 Å². The van der Waals surface area contributed by atoms with Crippen LogP contribution in [0.5, 0.6) is 0 Å². The van der Waals surface area contributed by atoms with E-state index in [2.05, 4.69) is 17.5 Å². The second-order valence-corrected chi connectivity index (χ2v) is 5.00. The molecule has 5 heteroatoms. The fraction of sp³-hybridized carbons (Fsp3) is 0.467. The molecule has 0 saturated carbocycles. The molecule has 1 rings (SSSR count). The Kier molecular flexibility index (Phi) is 7.88. The lowest BCUT2D eigenvalue weighted by atomic mass is 10.1. The van der Waals surface area contributed by atoms with E-state index in [0.717, 1.165) is 19.3 Å². The van der Waals surface area contributed by atoms with Crippen LogP contribution in [0.15, 0.2) is 23.3 Å². The maximum Gasteiger partial charge on any atom is 0.240 e. The van der Waals surface area contributed by atoms with E-state index in [4.69, 9.17) is 11.6 Å². The van der Waals surface area contributed by atoms with E-state index in [1.165, 1.54) is 31.2 Å². The van der Waals surface area contributed by atoms with Gasteiger partial charge in [-0.25, -0.2) is 9.82 Å². The number of rotatable bonds is 8. The van der Waals surface area contributed by atoms with Crippen molar-refractivity contribution in [1.29, 1.82) is 0 Å². The number of amides is 1. The predicted molar refractivity (Wildman–Crippen MR) is 80.5 cm³/mol. The summed E-state index contributed by atoms with van der Waals surface area (Å²) in [5.41, 5.74) is 2.56. The van der Waals surface area contributed by atoms with Crippen LogP contribution in [0.25, 0.3) is 0 Å². The molecule has 0 atom stereocenters. The van der Waals surface area contributed by atoms with Gasteiger partial charge in [-0.3, -0.25) is 4.79 Å². The van der Waals surface area contributed by atoms with Gasteiger partial charge < -0.3 is 0 Å². The highest BCUT2D eigenvalue weighted by Crippen LogP contribution is 2.16. The van der Waals surface area contributed by atoms with Gasteiger partial charge in [-0.15, -0.1) is 0 Å². The number of carbonyl (C=O) groups is 1. The summed E-state index contributed by atoms with van der Waals surface area (Å²) in [7, 11) is 0. The van der Waals surface area contributed by atoms with Crippen LogP contribution in [0.2, 0.25) is 5.02 Å². The van der Waals surface area contributed by atoms with Gasteiger partial charge in [-0.05, 0) is 18.6 Å². The Morgan fingerprint density at radius 2 is 2.10 bits per heavy atom. The van der Waals surface area contributed by atoms with E-state index < -0.39 is 5.82 Å². The molecule has 0 unspecified atom stereocenters. The lowest BCUT2D eigenvalue weighted by molar-refractivity contribution is -0.121. The first-order chi connectivity index (χ1) is 9.65. The minimum atomic E-state index is -0.463. The van der Waals surface area contributed by atoms with Crippen molar-refractivity contribution in [1.82, 2.24) is 5.43 Å². The fourth-order valence-corrected chi connectivity index (χ4v) is 1.96. The van der Waals surface area contributed by atoms with E-state index in [1.54, 1.807) is 6.07 Å². The summed E-state index contributed by atoms with van der Waals surface area (Å²) >= 11 is 5.83. The van der Waals surface area contributed by atoms with Crippen LogP contribution < -0.4 is 5.43 Å². The normalized spacial score (nSPS) is 10.9. The van der Waals surface area contributed by atoms with Gasteiger partial charge in [0.05, 0.1) is 11.2 Å². The Morgan fingerprint density at radius 3 is 2.80 bits per heavy atom. The average molecular weight is 299 g/mol. The smallest absolute Gasteiger partial charge is 0.240 e. The highest BCUT2D eigenvalue weighted by Gasteiger charge is 2.04. The van der Waals surface area contributed by atoms with Crippen molar-refractivity contribution in [3.05, 3.63) is 34.6 Å². The Bertz CT molecular complexity index is 443. The largest absolute Gasteiger partial charge is 0.273 e. The van der Waals surface area contributed by atoms with Crippen LogP contribution in [0.1, 0.15) is 51.0 Å². The molecule has 0 spiro atoms. The maximum absolute atomic E-state index is 13.4. The highest BCUT2D eigenvalue weighted by atomic mass is 35.5. The van der Waals surface area contributed by atoms with Crippen LogP contribution in [-0.4, -0.2) is 12.1 Å². The van der Waals surface area contributed by atoms with Crippen molar-refractivity contribution in [2.75, 3.05) is 0 Å². The Labute approximate surface area is 124 Å². The van der Waals surface area contributed by atoms with Crippen LogP contribution in [-0.2, 0) is 4.79 Å². The molecule has 1 aromatic rings. The molecule has 3 nitrogen and oxygen atoms in total. The van der Waals surface area contributed by atoms with Crippen molar-refractivity contribution in [2.45, 2.75) is 45.4 Å². The topological polar surface area (TPSA) is 41.5 Å². The van der Waals surface area contributed by atoms with Gasteiger partial charge in [0, 0.05) is 12.0 Å². The molecule has 1 aromatic carbocycles. The Hall–Kier alpha value is -1.42. The standard InChI is InChI=1S/C15H20ClFN2O/c1-2-3-4-5-6-10-15(20)19-18-11-12-13(16)8-7-9-14(12)17/h7-9,11H,2-6,10H2,1H3,(H,19,20)/b18-11+. The third-order valence-electron chi connectivity index (χ3n) is 2.89. The zero-order chi connectivity index (χ0) is 14.8. The Morgan fingerprint density at radius 1 is 1.35 bits per heavy atom. The van der Waals surface area contributed by atoms with Crippen molar-refractivity contribution in [3.63, 3.8) is 0 Å². The van der Waals surface area contributed by atoms with Gasteiger partial charge in [-0.1, -0.05) is 50.3 Å². The van der Waals surface area contributed by atoms with Crippen molar-refractivity contribution in [3.8, 4) is 0 Å². The molecular weight excluding hydrogens is 279 g/mol. The van der Waals surface area contributed by atoms with Crippen molar-refractivity contribution >= 4 is 23.7 Å². The van der Waals surface area contributed by atoms with Gasteiger partial charge in [0.2, 0.25) is 5.91 Å². The summed E-state index contributed by atoms with van der Waals surface area (Å²) in [6.45, 7) is 2.15. The van der Waals surface area contributed by atoms with Crippen LogP contribution in [0.4, 0.5) is 4.39 Å². The molecule has 20 heavy (non-hydrogen) atoms. The number of carbonyl (C=O) groups excluding carboxylic acids is 1. The fourth-order valence-electron chi connectivity index (χ4n) is 1.75. The predicted octanol–water partition coefficient (Wildman–Crippen LogP) is 4.29. The van der Waals surface area contributed by atoms with Crippen LogP contribution in [0, 0.1) is 5.82 Å². The summed E-state index contributed by atoms with van der Waals surface area (Å²) < 4.78 is 13.4. The zero-order valence-corrected chi connectivity index (χ0v) is 12.4. The van der Waals surface area contributed by atoms with E-state index in [0.29, 0.717) is 6.42 Å². The monoisotopic (exact) mass is 298 g/mol. The first-order valence-corrected chi connectivity index (χ1v) is 7.29. The quantitative estimate of drug-likeness (QED) is 0.434. The minimum Gasteiger partial charge on any atom is -0.273 e. The van der Waals surface area contributed by atoms with Gasteiger partial charge in [0.1, 0.15) is 5.82 Å². The summed E-state index contributed by atoms with van der Waals surface area (Å²) in [6, 6.07) is 4.38. The van der Waals surface area contributed by atoms with Crippen LogP contribution in [0.3, 0.4) is 0 Å². The SMILES string of the molecule is CCCCCCCC(=O)N/N=C/c1c(F)cccc1Cl. The lowest BCUT2D eigenvalue weighted by Crippen LogP contribution is -2.17. The second kappa shape index (κ2) is 9.48. The number of hydrazone groups is 1. The number of nitrogens with one attached hydrogen (secondary N) is 1. The average Bonchev–Trinajstić information content (AvgIpc) is 2.42. The van der Waals surface area contributed by atoms with Gasteiger partial charge in [0.25, 0.3) is 0 Å². The molecular formula is C15H20ClFN2O. The first-order valence-electron chi connectivity index (χ1n) is 6.91. The summed E-state index contributed by atoms with van der Waals surface area (Å²) in [6.07, 6.45) is 7.09. The third kappa shape index (κ3) is 6.15. The molecule has 0 saturated heterocycles. The molecule has 0 aromatic heterocycles.